The smallest absolute Gasteiger partial charge is 0.322 e. The van der Waals surface area contributed by atoms with Gasteiger partial charge in [-0.15, -0.1) is 0 Å². The summed E-state index contributed by atoms with van der Waals surface area (Å²) < 4.78 is 5.62. The first-order chi connectivity index (χ1) is 12.6. The molecular formula is C20H26N4O2. The number of amides is 1. The van der Waals surface area contributed by atoms with Gasteiger partial charge in [-0.25, -0.2) is 9.97 Å². The van der Waals surface area contributed by atoms with Gasteiger partial charge in [-0.3, -0.25) is 4.79 Å². The van der Waals surface area contributed by atoms with Gasteiger partial charge in [0.15, 0.2) is 0 Å². The van der Waals surface area contributed by atoms with E-state index in [4.69, 9.17) is 4.74 Å². The molecule has 1 aromatic carbocycles. The van der Waals surface area contributed by atoms with Gasteiger partial charge in [0.25, 0.3) is 0 Å². The first-order valence-corrected chi connectivity index (χ1v) is 9.18. The summed E-state index contributed by atoms with van der Waals surface area (Å²) in [5, 5.41) is 6.34. The topological polar surface area (TPSA) is 76.1 Å². The average molecular weight is 354 g/mol. The lowest BCUT2D eigenvalue weighted by Gasteiger charge is -2.27. The van der Waals surface area contributed by atoms with Crippen LogP contribution in [0.4, 0.5) is 5.69 Å². The summed E-state index contributed by atoms with van der Waals surface area (Å²) in [6, 6.07) is 9.40. The molecule has 1 amide bonds. The molecule has 26 heavy (non-hydrogen) atoms. The maximum absolute atomic E-state index is 12.3. The van der Waals surface area contributed by atoms with Crippen molar-refractivity contribution in [3.05, 3.63) is 42.2 Å². The second kappa shape index (κ2) is 8.76. The number of piperidine rings is 1. The van der Waals surface area contributed by atoms with Crippen molar-refractivity contribution in [1.82, 2.24) is 15.3 Å². The molecule has 1 aromatic heterocycles. The fourth-order valence-corrected chi connectivity index (χ4v) is 3.27. The van der Waals surface area contributed by atoms with E-state index in [1.807, 2.05) is 25.1 Å². The van der Waals surface area contributed by atoms with Crippen LogP contribution >= 0.6 is 0 Å². The molecule has 0 spiro atoms. The van der Waals surface area contributed by atoms with Crippen LogP contribution in [0.15, 0.2) is 36.5 Å². The van der Waals surface area contributed by atoms with E-state index in [0.29, 0.717) is 30.0 Å². The van der Waals surface area contributed by atoms with Gasteiger partial charge in [0.1, 0.15) is 5.75 Å². The van der Waals surface area contributed by atoms with Crippen LogP contribution in [0.5, 0.6) is 11.8 Å². The number of carbonyl (C=O) groups excluding carboxylic acids is 1. The zero-order valence-electron chi connectivity index (χ0n) is 15.4. The van der Waals surface area contributed by atoms with E-state index < -0.39 is 0 Å². The Morgan fingerprint density at radius 3 is 2.69 bits per heavy atom. The molecule has 1 unspecified atom stereocenters. The number of carbonyl (C=O) groups is 1. The molecule has 0 saturated carbocycles. The van der Waals surface area contributed by atoms with Gasteiger partial charge in [0, 0.05) is 24.0 Å². The third-order valence-electron chi connectivity index (χ3n) is 4.82. The minimum absolute atomic E-state index is 0.0618. The number of nitrogens with zero attached hydrogens (tertiary/aromatic N) is 2. The number of ether oxygens (including phenoxy) is 1. The highest BCUT2D eigenvalue weighted by molar-refractivity contribution is 5.90. The maximum atomic E-state index is 12.3. The molecule has 1 fully saturated rings. The molecule has 6 nitrogen and oxygen atoms in total. The zero-order chi connectivity index (χ0) is 18.4. The van der Waals surface area contributed by atoms with Crippen LogP contribution in [-0.4, -0.2) is 29.0 Å². The monoisotopic (exact) mass is 354 g/mol. The summed E-state index contributed by atoms with van der Waals surface area (Å²) in [7, 11) is 0. The Balaban J connectivity index is 1.51. The lowest BCUT2D eigenvalue weighted by molar-refractivity contribution is -0.117. The average Bonchev–Trinajstić information content (AvgIpc) is 2.64. The van der Waals surface area contributed by atoms with Crippen molar-refractivity contribution in [1.29, 1.82) is 0 Å². The lowest BCUT2D eigenvalue weighted by Crippen LogP contribution is -2.32. The van der Waals surface area contributed by atoms with E-state index in [1.165, 1.54) is 0 Å². The van der Waals surface area contributed by atoms with E-state index >= 15 is 0 Å². The number of hydrogen-bond donors (Lipinski definition) is 2. The number of aromatic nitrogens is 2. The summed E-state index contributed by atoms with van der Waals surface area (Å²) in [6.07, 6.45) is 4.53. The van der Waals surface area contributed by atoms with Crippen LogP contribution in [-0.2, 0) is 4.79 Å². The Morgan fingerprint density at radius 2 is 2.00 bits per heavy atom. The number of anilines is 1. The third kappa shape index (κ3) is 5.26. The number of rotatable bonds is 6. The van der Waals surface area contributed by atoms with Crippen molar-refractivity contribution in [3.63, 3.8) is 0 Å². The molecule has 1 saturated heterocycles. The fraction of sp³-hybridized carbons (Fsp3) is 0.450. The molecule has 0 aliphatic carbocycles. The summed E-state index contributed by atoms with van der Waals surface area (Å²) in [5.41, 5.74) is 1.62. The van der Waals surface area contributed by atoms with E-state index in [-0.39, 0.29) is 5.91 Å². The van der Waals surface area contributed by atoms with Crippen molar-refractivity contribution >= 4 is 11.6 Å². The van der Waals surface area contributed by atoms with Crippen molar-refractivity contribution < 1.29 is 9.53 Å². The van der Waals surface area contributed by atoms with Crippen LogP contribution in [0.2, 0.25) is 0 Å². The highest BCUT2D eigenvalue weighted by Gasteiger charge is 2.22. The van der Waals surface area contributed by atoms with Gasteiger partial charge in [-0.05, 0) is 75.0 Å². The Morgan fingerprint density at radius 1 is 1.27 bits per heavy atom. The van der Waals surface area contributed by atoms with E-state index in [0.717, 1.165) is 37.3 Å². The zero-order valence-corrected chi connectivity index (χ0v) is 15.4. The highest BCUT2D eigenvalue weighted by Crippen LogP contribution is 2.25. The van der Waals surface area contributed by atoms with Crippen LogP contribution in [0, 0.1) is 18.8 Å². The molecule has 6 heteroatoms. The second-order valence-electron chi connectivity index (χ2n) is 6.92. The molecule has 0 bridgehead atoms. The van der Waals surface area contributed by atoms with Crippen LogP contribution in [0.1, 0.15) is 31.9 Å². The molecular weight excluding hydrogens is 328 g/mol. The Bertz CT molecular complexity index is 727. The summed E-state index contributed by atoms with van der Waals surface area (Å²) in [5.74, 6) is 1.73. The molecule has 3 rings (SSSR count). The van der Waals surface area contributed by atoms with Gasteiger partial charge in [0.2, 0.25) is 5.91 Å². The second-order valence-corrected chi connectivity index (χ2v) is 6.92. The van der Waals surface area contributed by atoms with Gasteiger partial charge in [-0.1, -0.05) is 6.92 Å². The van der Waals surface area contributed by atoms with Gasteiger partial charge < -0.3 is 15.4 Å². The molecule has 1 aliphatic rings. The number of nitrogens with one attached hydrogen (secondary N) is 2. The maximum Gasteiger partial charge on any atom is 0.322 e. The number of benzene rings is 1. The van der Waals surface area contributed by atoms with Crippen molar-refractivity contribution in [2.24, 2.45) is 11.8 Å². The quantitative estimate of drug-likeness (QED) is 0.830. The SMILES string of the molecule is Cc1ccnc(Oc2ccc(NC(=O)CC(C)C3CCNCC3)cc2)n1. The molecule has 2 aromatic rings. The predicted octanol–water partition coefficient (Wildman–Crippen LogP) is 3.54. The normalized spacial score (nSPS) is 16.1. The number of aryl methyl sites for hydroxylation is 1. The van der Waals surface area contributed by atoms with Crippen molar-refractivity contribution in [3.8, 4) is 11.8 Å². The molecule has 138 valence electrons. The minimum atomic E-state index is 0.0618. The summed E-state index contributed by atoms with van der Waals surface area (Å²) >= 11 is 0. The van der Waals surface area contributed by atoms with Gasteiger partial charge in [0.05, 0.1) is 0 Å². The summed E-state index contributed by atoms with van der Waals surface area (Å²) in [4.78, 5) is 20.6. The van der Waals surface area contributed by atoms with E-state index in [1.54, 1.807) is 18.3 Å². The largest absolute Gasteiger partial charge is 0.424 e. The van der Waals surface area contributed by atoms with E-state index in [2.05, 4.69) is 27.5 Å². The predicted molar refractivity (Wildman–Crippen MR) is 101 cm³/mol. The first kappa shape index (κ1) is 18.3. The molecule has 2 N–H and O–H groups in total. The molecule has 1 aliphatic heterocycles. The minimum Gasteiger partial charge on any atom is -0.424 e. The first-order valence-electron chi connectivity index (χ1n) is 9.18. The van der Waals surface area contributed by atoms with Gasteiger partial charge >= 0.3 is 6.01 Å². The lowest BCUT2D eigenvalue weighted by atomic mass is 9.84. The van der Waals surface area contributed by atoms with Crippen LogP contribution < -0.4 is 15.4 Å². The Labute approximate surface area is 154 Å². The van der Waals surface area contributed by atoms with Crippen LogP contribution in [0.25, 0.3) is 0 Å². The third-order valence-corrected chi connectivity index (χ3v) is 4.82. The Hall–Kier alpha value is -2.47. The Kier molecular flexibility index (Phi) is 6.17. The summed E-state index contributed by atoms with van der Waals surface area (Å²) in [6.45, 7) is 6.18. The van der Waals surface area contributed by atoms with Crippen molar-refractivity contribution in [2.75, 3.05) is 18.4 Å². The van der Waals surface area contributed by atoms with E-state index in [9.17, 15) is 4.79 Å². The number of hydrogen-bond acceptors (Lipinski definition) is 5. The van der Waals surface area contributed by atoms with Gasteiger partial charge in [-0.2, -0.15) is 0 Å². The molecule has 2 heterocycles. The highest BCUT2D eigenvalue weighted by atomic mass is 16.5. The standard InChI is InChI=1S/C20H26N4O2/c1-14(16-8-10-21-11-9-16)13-19(25)24-17-3-5-18(6-4-17)26-20-22-12-7-15(2)23-20/h3-7,12,14,16,21H,8-11,13H2,1-2H3,(H,24,25). The van der Waals surface area contributed by atoms with Crippen molar-refractivity contribution in [2.45, 2.75) is 33.1 Å². The molecule has 1 atom stereocenters. The molecule has 0 radical (unpaired) electrons. The fourth-order valence-electron chi connectivity index (χ4n) is 3.27. The van der Waals surface area contributed by atoms with Crippen LogP contribution in [0.3, 0.4) is 0 Å².